The van der Waals surface area contributed by atoms with Crippen molar-refractivity contribution in [1.82, 2.24) is 5.32 Å². The van der Waals surface area contributed by atoms with Gasteiger partial charge in [-0.2, -0.15) is 0 Å². The van der Waals surface area contributed by atoms with Crippen molar-refractivity contribution >= 4 is 5.97 Å². The minimum Gasteiger partial charge on any atom is -0.453 e. The highest BCUT2D eigenvalue weighted by atomic mass is 16.6. The maximum Gasteiger partial charge on any atom is 0.303 e. The SMILES string of the molecule is C=C(NCCC)C(C)(C)OC(C)=O. The molecule has 0 aliphatic carbocycles. The number of nitrogens with one attached hydrogen (secondary N) is 1. The predicted octanol–water partition coefficient (Wildman–Crippen LogP) is 1.84. The topological polar surface area (TPSA) is 38.3 Å². The molecule has 0 heterocycles. The fourth-order valence-electron chi connectivity index (χ4n) is 0.910. The van der Waals surface area contributed by atoms with Crippen LogP contribution in [0.3, 0.4) is 0 Å². The van der Waals surface area contributed by atoms with Crippen LogP contribution in [0.25, 0.3) is 0 Å². The number of carbonyl (C=O) groups is 1. The molecule has 0 aromatic heterocycles. The molecule has 3 nitrogen and oxygen atoms in total. The van der Waals surface area contributed by atoms with Crippen LogP contribution in [0.2, 0.25) is 0 Å². The first-order valence-electron chi connectivity index (χ1n) is 4.53. The van der Waals surface area contributed by atoms with Crippen LogP contribution in [0.4, 0.5) is 0 Å². The van der Waals surface area contributed by atoms with Gasteiger partial charge >= 0.3 is 5.97 Å². The third-order valence-electron chi connectivity index (χ3n) is 1.71. The molecule has 0 aliphatic heterocycles. The monoisotopic (exact) mass is 185 g/mol. The summed E-state index contributed by atoms with van der Waals surface area (Å²) in [6.07, 6.45) is 1.02. The van der Waals surface area contributed by atoms with E-state index in [-0.39, 0.29) is 5.97 Å². The number of carbonyl (C=O) groups excluding carboxylic acids is 1. The Hall–Kier alpha value is -0.990. The van der Waals surface area contributed by atoms with Crippen LogP contribution in [-0.2, 0) is 9.53 Å². The molecule has 0 radical (unpaired) electrons. The molecular weight excluding hydrogens is 166 g/mol. The summed E-state index contributed by atoms with van der Waals surface area (Å²) >= 11 is 0. The molecule has 0 aromatic rings. The predicted molar refractivity (Wildman–Crippen MR) is 53.3 cm³/mol. The molecule has 0 bridgehead atoms. The summed E-state index contributed by atoms with van der Waals surface area (Å²) in [5, 5.41) is 3.11. The molecule has 0 atom stereocenters. The van der Waals surface area contributed by atoms with Crippen LogP contribution in [-0.4, -0.2) is 18.1 Å². The summed E-state index contributed by atoms with van der Waals surface area (Å²) in [5.74, 6) is -0.288. The van der Waals surface area contributed by atoms with Gasteiger partial charge in [-0.05, 0) is 20.3 Å². The van der Waals surface area contributed by atoms with E-state index in [1.54, 1.807) is 0 Å². The van der Waals surface area contributed by atoms with Gasteiger partial charge in [0.2, 0.25) is 0 Å². The largest absolute Gasteiger partial charge is 0.453 e. The van der Waals surface area contributed by atoms with Gasteiger partial charge in [0, 0.05) is 19.2 Å². The van der Waals surface area contributed by atoms with Crippen LogP contribution in [0.15, 0.2) is 12.3 Å². The van der Waals surface area contributed by atoms with Crippen molar-refractivity contribution in [3.05, 3.63) is 12.3 Å². The summed E-state index contributed by atoms with van der Waals surface area (Å²) in [4.78, 5) is 10.7. The first kappa shape index (κ1) is 12.0. The van der Waals surface area contributed by atoms with Crippen molar-refractivity contribution in [2.24, 2.45) is 0 Å². The molecule has 76 valence electrons. The van der Waals surface area contributed by atoms with Crippen molar-refractivity contribution in [3.63, 3.8) is 0 Å². The Bertz CT molecular complexity index is 197. The lowest BCUT2D eigenvalue weighted by Gasteiger charge is -2.27. The van der Waals surface area contributed by atoms with E-state index >= 15 is 0 Å². The zero-order valence-electron chi connectivity index (χ0n) is 8.94. The summed E-state index contributed by atoms with van der Waals surface area (Å²) in [7, 11) is 0. The third kappa shape index (κ3) is 4.55. The second-order valence-electron chi connectivity index (χ2n) is 3.51. The highest BCUT2D eigenvalue weighted by molar-refractivity contribution is 5.66. The van der Waals surface area contributed by atoms with Gasteiger partial charge in [-0.3, -0.25) is 4.79 Å². The summed E-state index contributed by atoms with van der Waals surface area (Å²) in [5.41, 5.74) is 0.116. The molecule has 1 N–H and O–H groups in total. The van der Waals surface area contributed by atoms with E-state index < -0.39 is 5.60 Å². The van der Waals surface area contributed by atoms with Crippen molar-refractivity contribution in [3.8, 4) is 0 Å². The number of hydrogen-bond donors (Lipinski definition) is 1. The van der Waals surface area contributed by atoms with Gasteiger partial charge in [0.1, 0.15) is 5.60 Å². The summed E-state index contributed by atoms with van der Waals surface area (Å²) in [6.45, 7) is 11.8. The zero-order valence-corrected chi connectivity index (χ0v) is 8.94. The minimum atomic E-state index is -0.624. The van der Waals surface area contributed by atoms with Crippen LogP contribution >= 0.6 is 0 Å². The molecule has 0 aliphatic rings. The molecule has 0 aromatic carbocycles. The van der Waals surface area contributed by atoms with Crippen molar-refractivity contribution in [2.75, 3.05) is 6.54 Å². The normalized spacial score (nSPS) is 10.8. The number of rotatable bonds is 5. The molecule has 0 amide bonds. The molecular formula is C10H19NO2. The molecule has 3 heteroatoms. The summed E-state index contributed by atoms with van der Waals surface area (Å²) in [6, 6.07) is 0. The average molecular weight is 185 g/mol. The standard InChI is InChI=1S/C10H19NO2/c1-6-7-11-8(2)10(4,5)13-9(3)12/h11H,2,6-7H2,1,3-5H3. The first-order valence-corrected chi connectivity index (χ1v) is 4.53. The molecule has 0 rings (SSSR count). The van der Waals surface area contributed by atoms with E-state index in [2.05, 4.69) is 18.8 Å². The van der Waals surface area contributed by atoms with E-state index in [1.165, 1.54) is 6.92 Å². The van der Waals surface area contributed by atoms with E-state index in [0.29, 0.717) is 0 Å². The number of ether oxygens (including phenoxy) is 1. The van der Waals surface area contributed by atoms with Crippen LogP contribution in [0, 0.1) is 0 Å². The van der Waals surface area contributed by atoms with Crippen LogP contribution in [0.1, 0.15) is 34.1 Å². The van der Waals surface area contributed by atoms with Gasteiger partial charge in [0.05, 0.1) is 0 Å². The van der Waals surface area contributed by atoms with Crippen LogP contribution < -0.4 is 5.32 Å². The van der Waals surface area contributed by atoms with Gasteiger partial charge in [-0.1, -0.05) is 13.5 Å². The van der Waals surface area contributed by atoms with E-state index in [9.17, 15) is 4.79 Å². The van der Waals surface area contributed by atoms with E-state index in [0.717, 1.165) is 18.7 Å². The quantitative estimate of drug-likeness (QED) is 0.664. The Morgan fingerprint density at radius 3 is 2.46 bits per heavy atom. The molecule has 0 saturated heterocycles. The molecule has 13 heavy (non-hydrogen) atoms. The van der Waals surface area contributed by atoms with Crippen LogP contribution in [0.5, 0.6) is 0 Å². The third-order valence-corrected chi connectivity index (χ3v) is 1.71. The molecule has 0 saturated carbocycles. The molecule has 0 spiro atoms. The smallest absolute Gasteiger partial charge is 0.303 e. The lowest BCUT2D eigenvalue weighted by molar-refractivity contribution is -0.150. The van der Waals surface area contributed by atoms with Gasteiger partial charge in [-0.25, -0.2) is 0 Å². The lowest BCUT2D eigenvalue weighted by atomic mass is 10.1. The second kappa shape index (κ2) is 4.90. The average Bonchev–Trinajstić information content (AvgIpc) is 1.97. The number of hydrogen-bond acceptors (Lipinski definition) is 3. The van der Waals surface area contributed by atoms with Crippen molar-refractivity contribution in [2.45, 2.75) is 39.7 Å². The van der Waals surface area contributed by atoms with Crippen molar-refractivity contribution in [1.29, 1.82) is 0 Å². The lowest BCUT2D eigenvalue weighted by Crippen LogP contribution is -2.36. The van der Waals surface area contributed by atoms with Gasteiger partial charge < -0.3 is 10.1 Å². The first-order chi connectivity index (χ1) is 5.90. The highest BCUT2D eigenvalue weighted by Crippen LogP contribution is 2.16. The van der Waals surface area contributed by atoms with Gasteiger partial charge in [0.15, 0.2) is 0 Å². The molecule has 0 fully saturated rings. The Morgan fingerprint density at radius 1 is 1.54 bits per heavy atom. The van der Waals surface area contributed by atoms with Gasteiger partial charge in [0.25, 0.3) is 0 Å². The highest BCUT2D eigenvalue weighted by Gasteiger charge is 2.24. The zero-order chi connectivity index (χ0) is 10.5. The maximum atomic E-state index is 10.7. The van der Waals surface area contributed by atoms with E-state index in [1.807, 2.05) is 13.8 Å². The Kier molecular flexibility index (Phi) is 4.52. The summed E-state index contributed by atoms with van der Waals surface area (Å²) < 4.78 is 5.10. The maximum absolute atomic E-state index is 10.7. The number of esters is 1. The Balaban J connectivity index is 4.10. The molecule has 0 unspecified atom stereocenters. The fourth-order valence-corrected chi connectivity index (χ4v) is 0.910. The Labute approximate surface area is 80.2 Å². The Morgan fingerprint density at radius 2 is 2.08 bits per heavy atom. The van der Waals surface area contributed by atoms with E-state index in [4.69, 9.17) is 4.74 Å². The second-order valence-corrected chi connectivity index (χ2v) is 3.51. The fraction of sp³-hybridized carbons (Fsp3) is 0.700. The van der Waals surface area contributed by atoms with Crippen molar-refractivity contribution < 1.29 is 9.53 Å². The van der Waals surface area contributed by atoms with Gasteiger partial charge in [-0.15, -0.1) is 0 Å². The minimum absolute atomic E-state index is 0.288.